The zero-order valence-corrected chi connectivity index (χ0v) is 42.5. The van der Waals surface area contributed by atoms with Crippen LogP contribution in [0.15, 0.2) is 72.8 Å². The van der Waals surface area contributed by atoms with Crippen LogP contribution in [0, 0.1) is 61.6 Å². The summed E-state index contributed by atoms with van der Waals surface area (Å²) in [5.74, 6) is 2.72. The van der Waals surface area contributed by atoms with Crippen molar-refractivity contribution in [2.75, 3.05) is 94.1 Å². The Balaban J connectivity index is 0.000000162. The van der Waals surface area contributed by atoms with E-state index in [1.807, 2.05) is 84.2 Å². The van der Waals surface area contributed by atoms with Crippen molar-refractivity contribution in [3.63, 3.8) is 0 Å². The molecule has 6 fully saturated rings. The van der Waals surface area contributed by atoms with Crippen molar-refractivity contribution in [1.29, 1.82) is 0 Å². The molecule has 0 bridgehead atoms. The van der Waals surface area contributed by atoms with E-state index < -0.39 is 21.9 Å². The van der Waals surface area contributed by atoms with Gasteiger partial charge in [-0.05, 0) is 123 Å². The van der Waals surface area contributed by atoms with Gasteiger partial charge in [-0.2, -0.15) is 0 Å². The number of ether oxygens (including phenoxy) is 3. The van der Waals surface area contributed by atoms with E-state index >= 15 is 0 Å². The number of amides is 3. The molecule has 0 saturated carbocycles. The van der Waals surface area contributed by atoms with Crippen LogP contribution in [0.25, 0.3) is 0 Å². The third-order valence-corrected chi connectivity index (χ3v) is 13.0. The molecule has 0 spiro atoms. The molecule has 3 aromatic carbocycles. The summed E-state index contributed by atoms with van der Waals surface area (Å²) < 4.78 is 28.4. The van der Waals surface area contributed by atoms with E-state index in [4.69, 9.17) is 19.9 Å². The van der Waals surface area contributed by atoms with E-state index in [2.05, 4.69) is 27.2 Å². The molecule has 9 rings (SSSR count). The Bertz CT molecular complexity index is 2280. The standard InChI is InChI=1S/C17H23N3O4.C17H25N3O2.C11H20N2O2.C6H4FNO2/c1-17(2,3)24-16(21)19-10-12-8-18(9-13(12)11-19)14-4-6-15(7-5-14)20(22)23;1-17(2,3)22-16(21)20-10-12-8-19(9-13(12)11-20)15-6-4-14(18)5-7-15;1-11(2,3)15-10(14)13-6-8-4-12-5-9(8)7-13;7-5-1-3-6(4-2-5)8(9)10/h4-7,12-13H,8-11H2,1-3H3;4-7,12-13H,8-11,18H2,1-3H3;8-9,12H,4-7H2,1-3H3;1-4H. The lowest BCUT2D eigenvalue weighted by atomic mass is 10.0. The van der Waals surface area contributed by atoms with Gasteiger partial charge in [0.05, 0.1) is 9.85 Å². The van der Waals surface area contributed by atoms with Crippen molar-refractivity contribution in [1.82, 2.24) is 20.0 Å². The summed E-state index contributed by atoms with van der Waals surface area (Å²) in [6.45, 7) is 27.6. The number of nitrogens with one attached hydrogen (secondary N) is 1. The van der Waals surface area contributed by atoms with Crippen molar-refractivity contribution in [2.24, 2.45) is 35.5 Å². The van der Waals surface area contributed by atoms with Crippen LogP contribution in [-0.4, -0.2) is 138 Å². The van der Waals surface area contributed by atoms with Crippen molar-refractivity contribution in [3.05, 3.63) is 98.8 Å². The molecule has 6 aliphatic heterocycles. The highest BCUT2D eigenvalue weighted by atomic mass is 19.1. The summed E-state index contributed by atoms with van der Waals surface area (Å²) in [4.78, 5) is 66.0. The Morgan fingerprint density at radius 1 is 0.507 bits per heavy atom. The average molecular weight is 990 g/mol. The molecule has 19 nitrogen and oxygen atoms in total. The lowest BCUT2D eigenvalue weighted by Crippen LogP contribution is -2.37. The van der Waals surface area contributed by atoms with Crippen LogP contribution in [0.1, 0.15) is 62.3 Å². The molecule has 6 aliphatic rings. The fourth-order valence-electron chi connectivity index (χ4n) is 9.72. The van der Waals surface area contributed by atoms with Gasteiger partial charge in [-0.3, -0.25) is 20.2 Å². The molecule has 0 aliphatic carbocycles. The Kier molecular flexibility index (Phi) is 16.9. The molecule has 71 heavy (non-hydrogen) atoms. The summed E-state index contributed by atoms with van der Waals surface area (Å²) in [5.41, 5.74) is 7.48. The maximum atomic E-state index is 12.2. The minimum Gasteiger partial charge on any atom is -0.444 e. The molecule has 6 atom stereocenters. The quantitative estimate of drug-likeness (QED) is 0.109. The van der Waals surface area contributed by atoms with Crippen molar-refractivity contribution in [3.8, 4) is 0 Å². The first-order valence-corrected chi connectivity index (χ1v) is 24.3. The molecule has 3 aromatic rings. The molecule has 388 valence electrons. The topological polar surface area (TPSA) is 219 Å². The number of fused-ring (bicyclic) bond motifs is 3. The molecule has 6 heterocycles. The minimum absolute atomic E-state index is 0.0959. The maximum absolute atomic E-state index is 12.2. The van der Waals surface area contributed by atoms with Crippen LogP contribution >= 0.6 is 0 Å². The number of nitrogens with two attached hydrogens (primary N) is 1. The van der Waals surface area contributed by atoms with Crippen LogP contribution in [-0.2, 0) is 14.2 Å². The molecule has 0 aromatic heterocycles. The van der Waals surface area contributed by atoms with Gasteiger partial charge in [0, 0.05) is 144 Å². The lowest BCUT2D eigenvalue weighted by molar-refractivity contribution is -0.385. The predicted octanol–water partition coefficient (Wildman–Crippen LogP) is 8.28. The van der Waals surface area contributed by atoms with Crippen molar-refractivity contribution in [2.45, 2.75) is 79.1 Å². The third kappa shape index (κ3) is 15.5. The first-order chi connectivity index (χ1) is 33.2. The van der Waals surface area contributed by atoms with Crippen LogP contribution in [0.2, 0.25) is 0 Å². The number of non-ortho nitro benzene ring substituents is 2. The number of carbonyl (C=O) groups is 3. The number of nitro benzene ring substituents is 2. The van der Waals surface area contributed by atoms with Gasteiger partial charge in [0.25, 0.3) is 11.4 Å². The Morgan fingerprint density at radius 2 is 0.789 bits per heavy atom. The first kappa shape index (κ1) is 53.9. The predicted molar refractivity (Wildman–Crippen MR) is 269 cm³/mol. The van der Waals surface area contributed by atoms with Crippen LogP contribution in [0.3, 0.4) is 0 Å². The van der Waals surface area contributed by atoms with Gasteiger partial charge in [0.15, 0.2) is 0 Å². The second kappa shape index (κ2) is 22.3. The molecular weight excluding hydrogens is 918 g/mol. The van der Waals surface area contributed by atoms with Gasteiger partial charge < -0.3 is 49.8 Å². The van der Waals surface area contributed by atoms with Gasteiger partial charge in [-0.15, -0.1) is 0 Å². The fourth-order valence-corrected chi connectivity index (χ4v) is 9.72. The smallest absolute Gasteiger partial charge is 0.410 e. The minimum atomic E-state index is -0.570. The van der Waals surface area contributed by atoms with E-state index in [1.54, 1.807) is 17.0 Å². The number of carbonyl (C=O) groups excluding carboxylic acids is 3. The number of anilines is 3. The van der Waals surface area contributed by atoms with E-state index in [-0.39, 0.29) is 40.2 Å². The van der Waals surface area contributed by atoms with Crippen molar-refractivity contribution < 1.29 is 42.8 Å². The van der Waals surface area contributed by atoms with E-state index in [1.165, 1.54) is 17.8 Å². The highest BCUT2D eigenvalue weighted by Gasteiger charge is 2.44. The number of likely N-dealkylation sites (tertiary alicyclic amines) is 3. The number of nitro groups is 2. The number of nitrogen functional groups attached to an aromatic ring is 1. The Hall–Kier alpha value is -6.44. The average Bonchev–Trinajstić information content (AvgIpc) is 4.12. The van der Waals surface area contributed by atoms with Crippen molar-refractivity contribution >= 4 is 46.7 Å². The fraction of sp³-hybridized carbons (Fsp3) is 0.588. The molecule has 6 unspecified atom stereocenters. The summed E-state index contributed by atoms with van der Waals surface area (Å²) in [6, 6.07) is 19.0. The molecule has 0 radical (unpaired) electrons. The van der Waals surface area contributed by atoms with Crippen LogP contribution in [0.5, 0.6) is 0 Å². The van der Waals surface area contributed by atoms with Gasteiger partial charge in [0.2, 0.25) is 0 Å². The number of hydrogen-bond donors (Lipinski definition) is 2. The SMILES string of the molecule is CC(C)(C)OC(=O)N1CC2CN(c3ccc(N)cc3)CC2C1.CC(C)(C)OC(=O)N1CC2CN(c3ccc([N+](=O)[O-])cc3)CC2C1.CC(C)(C)OC(=O)N1CC2CNCC2C1.O=[N+]([O-])c1ccc(F)cc1. The van der Waals surface area contributed by atoms with E-state index in [9.17, 15) is 39.0 Å². The number of benzene rings is 3. The second-order valence-corrected chi connectivity index (χ2v) is 22.3. The molecular formula is C51H72FN9O10. The highest BCUT2D eigenvalue weighted by molar-refractivity contribution is 5.70. The molecule has 20 heteroatoms. The summed E-state index contributed by atoms with van der Waals surface area (Å²) in [7, 11) is 0. The van der Waals surface area contributed by atoms with Gasteiger partial charge in [-0.1, -0.05) is 0 Å². The molecule has 3 N–H and O–H groups in total. The number of halogens is 1. The number of rotatable bonds is 4. The largest absolute Gasteiger partial charge is 0.444 e. The summed E-state index contributed by atoms with van der Waals surface area (Å²) in [6.07, 6.45) is -0.573. The lowest BCUT2D eigenvalue weighted by Gasteiger charge is -2.26. The van der Waals surface area contributed by atoms with Crippen LogP contribution in [0.4, 0.5) is 47.2 Å². The Morgan fingerprint density at radius 3 is 1.08 bits per heavy atom. The third-order valence-electron chi connectivity index (χ3n) is 13.0. The van der Waals surface area contributed by atoms with E-state index in [0.29, 0.717) is 48.6 Å². The summed E-state index contributed by atoms with van der Waals surface area (Å²) >= 11 is 0. The zero-order valence-electron chi connectivity index (χ0n) is 42.5. The van der Waals surface area contributed by atoms with Gasteiger partial charge in [-0.25, -0.2) is 18.8 Å². The molecule has 3 amide bonds. The highest BCUT2D eigenvalue weighted by Crippen LogP contribution is 2.37. The number of nitrogens with zero attached hydrogens (tertiary/aromatic N) is 7. The van der Waals surface area contributed by atoms with E-state index in [0.717, 1.165) is 101 Å². The number of hydrogen-bond acceptors (Lipinski definition) is 14. The van der Waals surface area contributed by atoms with Crippen LogP contribution < -0.4 is 20.9 Å². The Labute approximate surface area is 416 Å². The second-order valence-electron chi connectivity index (χ2n) is 22.3. The first-order valence-electron chi connectivity index (χ1n) is 24.3. The monoisotopic (exact) mass is 990 g/mol. The van der Waals surface area contributed by atoms with Gasteiger partial charge >= 0.3 is 18.3 Å². The molecule has 6 saturated heterocycles. The van der Waals surface area contributed by atoms with Gasteiger partial charge in [0.1, 0.15) is 22.6 Å². The zero-order chi connectivity index (χ0) is 52.0. The summed E-state index contributed by atoms with van der Waals surface area (Å²) in [5, 5.41) is 24.1. The maximum Gasteiger partial charge on any atom is 0.410 e. The normalized spacial score (nSPS) is 23.2.